The molecule has 10 heteroatoms. The van der Waals surface area contributed by atoms with Gasteiger partial charge < -0.3 is 10.1 Å². The molecule has 0 saturated heterocycles. The van der Waals surface area contributed by atoms with Crippen molar-refractivity contribution in [3.8, 4) is 0 Å². The van der Waals surface area contributed by atoms with Crippen LogP contribution in [-0.4, -0.2) is 32.5 Å². The van der Waals surface area contributed by atoms with Gasteiger partial charge in [-0.2, -0.15) is 0 Å². The van der Waals surface area contributed by atoms with Gasteiger partial charge in [-0.1, -0.05) is 11.6 Å². The lowest BCUT2D eigenvalue weighted by molar-refractivity contribution is -0.153. The summed E-state index contributed by atoms with van der Waals surface area (Å²) in [6, 6.07) is 4.22. The molecule has 0 saturated carbocycles. The molecule has 1 atom stereocenters. The summed E-state index contributed by atoms with van der Waals surface area (Å²) in [5, 5.41) is 2.57. The topological polar surface area (TPSA) is 123 Å². The molecule has 126 valence electrons. The molecule has 0 fully saturated rings. The highest BCUT2D eigenvalue weighted by Crippen LogP contribution is 2.17. The lowest BCUT2D eigenvalue weighted by Crippen LogP contribution is -2.35. The van der Waals surface area contributed by atoms with E-state index in [0.717, 1.165) is 16.8 Å². The smallest absolute Gasteiger partial charge is 0.328 e. The van der Waals surface area contributed by atoms with E-state index >= 15 is 0 Å². The van der Waals surface area contributed by atoms with Crippen molar-refractivity contribution >= 4 is 29.2 Å². The van der Waals surface area contributed by atoms with Crippen molar-refractivity contribution in [2.45, 2.75) is 19.6 Å². The van der Waals surface area contributed by atoms with Gasteiger partial charge in [0.05, 0.1) is 5.69 Å². The van der Waals surface area contributed by atoms with E-state index < -0.39 is 35.8 Å². The molecule has 0 aliphatic heterocycles. The number of hydrogen-bond donors (Lipinski definition) is 2. The summed E-state index contributed by atoms with van der Waals surface area (Å²) in [4.78, 5) is 52.0. The van der Waals surface area contributed by atoms with Gasteiger partial charge in [0, 0.05) is 18.5 Å². The molecule has 0 aromatic carbocycles. The van der Waals surface area contributed by atoms with Crippen molar-refractivity contribution in [1.82, 2.24) is 14.5 Å². The molecule has 2 aromatic heterocycles. The van der Waals surface area contributed by atoms with E-state index in [1.807, 2.05) is 4.98 Å². The monoisotopic (exact) mass is 352 g/mol. The second-order valence-corrected chi connectivity index (χ2v) is 5.06. The van der Waals surface area contributed by atoms with Crippen LogP contribution in [-0.2, 0) is 20.9 Å². The number of nitrogens with zero attached hydrogens (tertiary/aromatic N) is 2. The number of carbonyl (C=O) groups is 2. The van der Waals surface area contributed by atoms with Crippen LogP contribution in [0.15, 0.2) is 40.2 Å². The van der Waals surface area contributed by atoms with E-state index in [1.54, 1.807) is 12.1 Å². The summed E-state index contributed by atoms with van der Waals surface area (Å²) in [6.07, 6.45) is 1.50. The lowest BCUT2D eigenvalue weighted by atomic mass is 10.3. The highest BCUT2D eigenvalue weighted by Gasteiger charge is 2.19. The maximum atomic E-state index is 12.0. The van der Waals surface area contributed by atoms with Crippen molar-refractivity contribution in [2.75, 3.05) is 5.32 Å². The molecule has 0 bridgehead atoms. The predicted molar refractivity (Wildman–Crippen MR) is 84.8 cm³/mol. The quantitative estimate of drug-likeness (QED) is 0.583. The van der Waals surface area contributed by atoms with Gasteiger partial charge in [-0.15, -0.1) is 0 Å². The number of H-pyrrole nitrogens is 1. The third-order valence-corrected chi connectivity index (χ3v) is 3.19. The minimum Gasteiger partial charge on any atom is -0.451 e. The molecular formula is C14H13ClN4O5. The molecule has 9 nitrogen and oxygen atoms in total. The lowest BCUT2D eigenvalue weighted by Gasteiger charge is -2.14. The molecule has 0 spiro atoms. The maximum Gasteiger partial charge on any atom is 0.328 e. The summed E-state index contributed by atoms with van der Waals surface area (Å²) < 4.78 is 5.90. The van der Waals surface area contributed by atoms with Gasteiger partial charge in [-0.05, 0) is 19.1 Å². The van der Waals surface area contributed by atoms with Gasteiger partial charge in [-0.25, -0.2) is 9.78 Å². The Hall–Kier alpha value is -2.94. The minimum atomic E-state index is -1.12. The first-order valence-corrected chi connectivity index (χ1v) is 7.15. The predicted octanol–water partition coefficient (Wildman–Crippen LogP) is 0.155. The fourth-order valence-corrected chi connectivity index (χ4v) is 1.88. The van der Waals surface area contributed by atoms with Crippen molar-refractivity contribution in [3.63, 3.8) is 0 Å². The molecule has 0 radical (unpaired) electrons. The SMILES string of the molecule is C[C@@H](OC(=O)Cn1ccc(=O)[nH]c1=O)C(=O)Nc1cccnc1Cl. The molecule has 2 heterocycles. The molecule has 0 aliphatic carbocycles. The van der Waals surface area contributed by atoms with E-state index in [0.29, 0.717) is 0 Å². The first-order valence-electron chi connectivity index (χ1n) is 6.77. The van der Waals surface area contributed by atoms with Crippen molar-refractivity contribution < 1.29 is 14.3 Å². The Kier molecular flexibility index (Phi) is 5.48. The summed E-state index contributed by atoms with van der Waals surface area (Å²) in [5.41, 5.74) is -1.05. The van der Waals surface area contributed by atoms with Gasteiger partial charge >= 0.3 is 11.7 Å². The molecule has 1 amide bonds. The average Bonchev–Trinajstić information content (AvgIpc) is 2.52. The Balaban J connectivity index is 1.95. The fraction of sp³-hybridized carbons (Fsp3) is 0.214. The second kappa shape index (κ2) is 7.55. The second-order valence-electron chi connectivity index (χ2n) is 4.70. The zero-order valence-electron chi connectivity index (χ0n) is 12.5. The normalized spacial score (nSPS) is 11.6. The first-order chi connectivity index (χ1) is 11.4. The molecule has 2 N–H and O–H groups in total. The van der Waals surface area contributed by atoms with Crippen molar-refractivity contribution in [1.29, 1.82) is 0 Å². The maximum absolute atomic E-state index is 12.0. The highest BCUT2D eigenvalue weighted by molar-refractivity contribution is 6.32. The molecule has 24 heavy (non-hydrogen) atoms. The number of aromatic amines is 1. The first kappa shape index (κ1) is 17.4. The Labute approximate surface area is 140 Å². The molecule has 0 aliphatic rings. The number of ether oxygens (including phenoxy) is 1. The van der Waals surface area contributed by atoms with Crippen LogP contribution in [0.25, 0.3) is 0 Å². The molecule has 2 aromatic rings. The molecule has 0 unspecified atom stereocenters. The largest absolute Gasteiger partial charge is 0.451 e. The van der Waals surface area contributed by atoms with Gasteiger partial charge in [0.2, 0.25) is 0 Å². The van der Waals surface area contributed by atoms with Gasteiger partial charge in [0.25, 0.3) is 11.5 Å². The fourth-order valence-electron chi connectivity index (χ4n) is 1.71. The zero-order valence-corrected chi connectivity index (χ0v) is 13.2. The Morgan fingerprint density at radius 1 is 1.42 bits per heavy atom. The minimum absolute atomic E-state index is 0.101. The van der Waals surface area contributed by atoms with Crippen LogP contribution < -0.4 is 16.6 Å². The number of anilines is 1. The van der Waals surface area contributed by atoms with Crippen molar-refractivity contribution in [2.24, 2.45) is 0 Å². The van der Waals surface area contributed by atoms with E-state index in [4.69, 9.17) is 16.3 Å². The van der Waals surface area contributed by atoms with E-state index in [1.165, 1.54) is 13.1 Å². The number of amides is 1. The number of aromatic nitrogens is 3. The number of halogens is 1. The van der Waals surface area contributed by atoms with E-state index in [9.17, 15) is 19.2 Å². The Morgan fingerprint density at radius 2 is 2.17 bits per heavy atom. The van der Waals surface area contributed by atoms with Crippen LogP contribution in [0.1, 0.15) is 6.92 Å². The van der Waals surface area contributed by atoms with Crippen LogP contribution >= 0.6 is 11.6 Å². The molecule has 2 rings (SSSR count). The number of esters is 1. The number of nitrogens with one attached hydrogen (secondary N) is 2. The summed E-state index contributed by atoms with van der Waals surface area (Å²) in [7, 11) is 0. The Bertz CT molecular complexity index is 876. The van der Waals surface area contributed by atoms with Gasteiger partial charge in [-0.3, -0.25) is 23.9 Å². The van der Waals surface area contributed by atoms with Crippen LogP contribution in [0, 0.1) is 0 Å². The van der Waals surface area contributed by atoms with Crippen LogP contribution in [0.4, 0.5) is 5.69 Å². The number of pyridine rings is 1. The van der Waals surface area contributed by atoms with E-state index in [-0.39, 0.29) is 10.8 Å². The van der Waals surface area contributed by atoms with Gasteiger partial charge in [0.1, 0.15) is 6.54 Å². The standard InChI is InChI=1S/C14H13ClN4O5/c1-8(13(22)17-9-3-2-5-16-12(9)15)24-11(21)7-19-6-4-10(20)18-14(19)23/h2-6,8H,7H2,1H3,(H,17,22)(H,18,20,23)/t8-/m1/s1. The zero-order chi connectivity index (χ0) is 17.7. The molecular weight excluding hydrogens is 340 g/mol. The number of rotatable bonds is 5. The van der Waals surface area contributed by atoms with E-state index in [2.05, 4.69) is 10.3 Å². The van der Waals surface area contributed by atoms with Crippen molar-refractivity contribution in [3.05, 3.63) is 56.6 Å². The number of carbonyl (C=O) groups excluding carboxylic acids is 2. The number of hydrogen-bond acceptors (Lipinski definition) is 6. The summed E-state index contributed by atoms with van der Waals surface area (Å²) >= 11 is 5.82. The summed E-state index contributed by atoms with van der Waals surface area (Å²) in [6.45, 7) is 0.925. The third kappa shape index (κ3) is 4.53. The van der Waals surface area contributed by atoms with Crippen LogP contribution in [0.2, 0.25) is 5.15 Å². The highest BCUT2D eigenvalue weighted by atomic mass is 35.5. The Morgan fingerprint density at radius 3 is 2.83 bits per heavy atom. The average molecular weight is 353 g/mol. The summed E-state index contributed by atoms with van der Waals surface area (Å²) in [5.74, 6) is -1.42. The van der Waals surface area contributed by atoms with Crippen LogP contribution in [0.3, 0.4) is 0 Å². The third-order valence-electron chi connectivity index (χ3n) is 2.89. The van der Waals surface area contributed by atoms with Gasteiger partial charge in [0.15, 0.2) is 11.3 Å². The van der Waals surface area contributed by atoms with Crippen LogP contribution in [0.5, 0.6) is 0 Å².